The zero-order valence-corrected chi connectivity index (χ0v) is 11.7. The van der Waals surface area contributed by atoms with E-state index in [1.165, 1.54) is 0 Å². The fraction of sp³-hybridized carbons (Fsp3) is 0.500. The van der Waals surface area contributed by atoms with Crippen LogP contribution >= 0.6 is 15.9 Å². The van der Waals surface area contributed by atoms with E-state index in [2.05, 4.69) is 31.5 Å². The van der Waals surface area contributed by atoms with E-state index in [-0.39, 0.29) is 18.1 Å². The average Bonchev–Trinajstić information content (AvgIpc) is 2.39. The Bertz CT molecular complexity index is 428. The number of halogens is 1. The number of aromatic nitrogens is 1. The molecule has 1 fully saturated rings. The maximum absolute atomic E-state index is 12.1. The number of hydrogen-bond donors (Lipinski definition) is 2. The van der Waals surface area contributed by atoms with Crippen molar-refractivity contribution < 1.29 is 9.53 Å². The van der Waals surface area contributed by atoms with Crippen LogP contribution in [0.2, 0.25) is 0 Å². The number of carbonyl (C=O) groups excluding carboxylic acids is 1. The Labute approximate surface area is 114 Å². The molecule has 1 aromatic rings. The molecule has 2 heterocycles. The van der Waals surface area contributed by atoms with Gasteiger partial charge in [0.25, 0.3) is 5.91 Å². The molecule has 6 heteroatoms. The van der Waals surface area contributed by atoms with Crippen molar-refractivity contribution in [1.29, 1.82) is 0 Å². The van der Waals surface area contributed by atoms with Gasteiger partial charge >= 0.3 is 0 Å². The molecule has 1 saturated heterocycles. The maximum Gasteiger partial charge on any atom is 0.270 e. The zero-order chi connectivity index (χ0) is 13.0. The minimum atomic E-state index is -0.162. The molecule has 0 bridgehead atoms. The molecule has 2 rings (SSSR count). The summed E-state index contributed by atoms with van der Waals surface area (Å²) in [6, 6.07) is 5.31. The quantitative estimate of drug-likeness (QED) is 0.816. The number of methoxy groups -OCH3 is 1. The molecule has 1 aliphatic rings. The third kappa shape index (κ3) is 3.28. The summed E-state index contributed by atoms with van der Waals surface area (Å²) >= 11 is 3.26. The first-order chi connectivity index (χ1) is 8.70. The molecule has 5 nitrogen and oxygen atoms in total. The van der Waals surface area contributed by atoms with E-state index < -0.39 is 0 Å². The van der Waals surface area contributed by atoms with Crippen LogP contribution in [-0.4, -0.2) is 43.2 Å². The fourth-order valence-electron chi connectivity index (χ4n) is 2.02. The number of carbonyl (C=O) groups is 1. The van der Waals surface area contributed by atoms with Crippen molar-refractivity contribution in [3.8, 4) is 0 Å². The van der Waals surface area contributed by atoms with Crippen LogP contribution in [0.4, 0.5) is 0 Å². The third-order valence-electron chi connectivity index (χ3n) is 2.99. The van der Waals surface area contributed by atoms with Crippen LogP contribution < -0.4 is 10.6 Å². The Morgan fingerprint density at radius 3 is 3.17 bits per heavy atom. The number of hydrogen-bond acceptors (Lipinski definition) is 4. The van der Waals surface area contributed by atoms with Crippen LogP contribution in [0.25, 0.3) is 0 Å². The topological polar surface area (TPSA) is 63.2 Å². The van der Waals surface area contributed by atoms with Gasteiger partial charge in [-0.15, -0.1) is 0 Å². The molecule has 0 spiro atoms. The highest BCUT2D eigenvalue weighted by Gasteiger charge is 2.26. The average molecular weight is 314 g/mol. The maximum atomic E-state index is 12.1. The lowest BCUT2D eigenvalue weighted by atomic mass is 10.0. The van der Waals surface area contributed by atoms with E-state index in [4.69, 9.17) is 4.74 Å². The summed E-state index contributed by atoms with van der Waals surface area (Å²) < 4.78 is 6.01. The van der Waals surface area contributed by atoms with E-state index in [1.807, 2.05) is 0 Å². The predicted octanol–water partition coefficient (Wildman–Crippen LogP) is 0.951. The standard InChI is InChI=1S/C12H16BrN3O2/c1-18-10-7-14-6-5-8(10)16-12(17)9-3-2-4-11(13)15-9/h2-4,8,10,14H,5-7H2,1H3,(H,16,17). The molecule has 2 N–H and O–H groups in total. The number of nitrogens with one attached hydrogen (secondary N) is 2. The lowest BCUT2D eigenvalue weighted by Crippen LogP contribution is -2.53. The molecular formula is C12H16BrN3O2. The minimum absolute atomic E-state index is 0.00912. The Morgan fingerprint density at radius 1 is 1.61 bits per heavy atom. The second-order valence-corrected chi connectivity index (χ2v) is 5.00. The number of pyridine rings is 1. The van der Waals surface area contributed by atoms with Gasteiger partial charge < -0.3 is 15.4 Å². The van der Waals surface area contributed by atoms with Gasteiger partial charge in [-0.2, -0.15) is 0 Å². The molecule has 0 aliphatic carbocycles. The largest absolute Gasteiger partial charge is 0.378 e. The molecule has 0 aromatic carbocycles. The molecule has 0 radical (unpaired) electrons. The fourth-order valence-corrected chi connectivity index (χ4v) is 2.36. The second-order valence-electron chi connectivity index (χ2n) is 4.19. The Balaban J connectivity index is 2.02. The summed E-state index contributed by atoms with van der Waals surface area (Å²) in [6.07, 6.45) is 0.868. The Morgan fingerprint density at radius 2 is 2.44 bits per heavy atom. The van der Waals surface area contributed by atoms with Crippen molar-refractivity contribution in [2.24, 2.45) is 0 Å². The summed E-state index contributed by atoms with van der Waals surface area (Å²) in [6.45, 7) is 1.64. The zero-order valence-electron chi connectivity index (χ0n) is 10.1. The van der Waals surface area contributed by atoms with Gasteiger partial charge in [-0.05, 0) is 41.0 Å². The summed E-state index contributed by atoms with van der Waals surface area (Å²) in [5.74, 6) is -0.162. The lowest BCUT2D eigenvalue weighted by Gasteiger charge is -2.31. The van der Waals surface area contributed by atoms with Crippen molar-refractivity contribution in [2.45, 2.75) is 18.6 Å². The third-order valence-corrected chi connectivity index (χ3v) is 3.44. The highest BCUT2D eigenvalue weighted by Crippen LogP contribution is 2.10. The Hall–Kier alpha value is -0.980. The van der Waals surface area contributed by atoms with Crippen LogP contribution in [0.5, 0.6) is 0 Å². The molecule has 1 aromatic heterocycles. The second kappa shape index (κ2) is 6.26. The van der Waals surface area contributed by atoms with E-state index in [1.54, 1.807) is 25.3 Å². The van der Waals surface area contributed by atoms with Crippen LogP contribution in [0.3, 0.4) is 0 Å². The molecule has 18 heavy (non-hydrogen) atoms. The van der Waals surface area contributed by atoms with Gasteiger partial charge in [0.1, 0.15) is 10.3 Å². The van der Waals surface area contributed by atoms with Crippen LogP contribution in [-0.2, 0) is 4.74 Å². The van der Waals surface area contributed by atoms with Gasteiger partial charge in [0.2, 0.25) is 0 Å². The molecule has 2 unspecified atom stereocenters. The normalized spacial score (nSPS) is 23.7. The van der Waals surface area contributed by atoms with Gasteiger partial charge in [-0.1, -0.05) is 6.07 Å². The number of amides is 1. The minimum Gasteiger partial charge on any atom is -0.378 e. The lowest BCUT2D eigenvalue weighted by molar-refractivity contribution is 0.0475. The SMILES string of the molecule is COC1CNCCC1NC(=O)c1cccc(Br)n1. The van der Waals surface area contributed by atoms with Crippen molar-refractivity contribution in [2.75, 3.05) is 20.2 Å². The van der Waals surface area contributed by atoms with Gasteiger partial charge in [0, 0.05) is 13.7 Å². The van der Waals surface area contributed by atoms with E-state index in [0.717, 1.165) is 19.5 Å². The predicted molar refractivity (Wildman–Crippen MR) is 71.5 cm³/mol. The molecule has 98 valence electrons. The van der Waals surface area contributed by atoms with Gasteiger partial charge in [0.05, 0.1) is 12.1 Å². The van der Waals surface area contributed by atoms with Crippen molar-refractivity contribution in [1.82, 2.24) is 15.6 Å². The smallest absolute Gasteiger partial charge is 0.270 e. The van der Waals surface area contributed by atoms with Gasteiger partial charge in [-0.25, -0.2) is 4.98 Å². The molecule has 1 amide bonds. The van der Waals surface area contributed by atoms with Crippen LogP contribution in [0.1, 0.15) is 16.9 Å². The van der Waals surface area contributed by atoms with Crippen molar-refractivity contribution in [3.05, 3.63) is 28.5 Å². The summed E-state index contributed by atoms with van der Waals surface area (Å²) in [7, 11) is 1.66. The first-order valence-electron chi connectivity index (χ1n) is 5.87. The van der Waals surface area contributed by atoms with Crippen molar-refractivity contribution >= 4 is 21.8 Å². The first kappa shape index (κ1) is 13.5. The number of piperidine rings is 1. The van der Waals surface area contributed by atoms with Gasteiger partial charge in [0.15, 0.2) is 0 Å². The van der Waals surface area contributed by atoms with Crippen LogP contribution in [0.15, 0.2) is 22.8 Å². The van der Waals surface area contributed by atoms with Crippen molar-refractivity contribution in [3.63, 3.8) is 0 Å². The summed E-state index contributed by atoms with van der Waals surface area (Å²) in [5, 5.41) is 6.21. The first-order valence-corrected chi connectivity index (χ1v) is 6.67. The van der Waals surface area contributed by atoms with E-state index in [9.17, 15) is 4.79 Å². The number of nitrogens with zero attached hydrogens (tertiary/aromatic N) is 1. The van der Waals surface area contributed by atoms with Gasteiger partial charge in [-0.3, -0.25) is 4.79 Å². The van der Waals surface area contributed by atoms with E-state index >= 15 is 0 Å². The monoisotopic (exact) mass is 313 g/mol. The van der Waals surface area contributed by atoms with Crippen LogP contribution in [0, 0.1) is 0 Å². The Kier molecular flexibility index (Phi) is 4.68. The summed E-state index contributed by atoms with van der Waals surface area (Å²) in [4.78, 5) is 16.2. The highest BCUT2D eigenvalue weighted by atomic mass is 79.9. The van der Waals surface area contributed by atoms with E-state index in [0.29, 0.717) is 10.3 Å². The highest BCUT2D eigenvalue weighted by molar-refractivity contribution is 9.10. The summed E-state index contributed by atoms with van der Waals surface area (Å²) in [5.41, 5.74) is 0.415. The number of rotatable bonds is 3. The molecule has 1 aliphatic heterocycles. The number of ether oxygens (including phenoxy) is 1. The molecule has 0 saturated carbocycles. The molecular weight excluding hydrogens is 298 g/mol. The molecule has 2 atom stereocenters.